The smallest absolute Gasteiger partial charge is 0.250 e. The first-order chi connectivity index (χ1) is 12.5. The Bertz CT molecular complexity index is 876. The minimum Gasteiger partial charge on any atom is -0.323 e. The third-order valence-corrected chi connectivity index (χ3v) is 6.34. The average Bonchev–Trinajstić information content (AvgIpc) is 3.13. The predicted octanol–water partition coefficient (Wildman–Crippen LogP) is 2.51. The van der Waals surface area contributed by atoms with E-state index in [0.29, 0.717) is 16.3 Å². The van der Waals surface area contributed by atoms with E-state index in [9.17, 15) is 14.4 Å². The SMILES string of the molecule is CC(C)[C@@H]1N[C@]2(C(=O)Nc3c(Cl)cccc32)[C@@H]2C(=O)N(C(C)(C)C)C(=O)[C@@H]21. The molecule has 27 heavy (non-hydrogen) atoms. The standard InChI is InChI=1S/C20H24ClN3O3/c1-9(2)14-12-13(17(26)24(16(12)25)19(3,4)5)20(23-14)10-7-6-8-11(21)15(10)22-18(20)27/h6-9,12-14,23H,1-5H3,(H,22,27)/t12-,13-,14-,20-/m0/s1. The lowest BCUT2D eigenvalue weighted by atomic mass is 9.76. The number of carbonyl (C=O) groups excluding carboxylic acids is 3. The molecule has 3 aliphatic heterocycles. The molecular formula is C20H24ClN3O3. The van der Waals surface area contributed by atoms with E-state index in [1.165, 1.54) is 4.90 Å². The van der Waals surface area contributed by atoms with Crippen LogP contribution in [0.25, 0.3) is 0 Å². The van der Waals surface area contributed by atoms with E-state index < -0.39 is 22.9 Å². The Kier molecular flexibility index (Phi) is 3.79. The molecule has 4 atom stereocenters. The molecule has 0 aliphatic carbocycles. The summed E-state index contributed by atoms with van der Waals surface area (Å²) in [5.74, 6) is -2.10. The summed E-state index contributed by atoms with van der Waals surface area (Å²) in [5, 5.41) is 6.66. The Labute approximate surface area is 163 Å². The first-order valence-corrected chi connectivity index (χ1v) is 9.65. The number of para-hydroxylation sites is 1. The van der Waals surface area contributed by atoms with Gasteiger partial charge in [0.1, 0.15) is 5.54 Å². The van der Waals surface area contributed by atoms with Crippen LogP contribution in [0.4, 0.5) is 5.69 Å². The van der Waals surface area contributed by atoms with Crippen LogP contribution in [-0.2, 0) is 19.9 Å². The van der Waals surface area contributed by atoms with E-state index in [4.69, 9.17) is 11.6 Å². The van der Waals surface area contributed by atoms with Gasteiger partial charge in [-0.05, 0) is 32.8 Å². The summed E-state index contributed by atoms with van der Waals surface area (Å²) in [7, 11) is 0. The minimum atomic E-state index is -1.27. The van der Waals surface area contributed by atoms with Gasteiger partial charge in [0.2, 0.25) is 17.7 Å². The molecule has 1 spiro atoms. The number of rotatable bonds is 1. The summed E-state index contributed by atoms with van der Waals surface area (Å²) in [6, 6.07) is 5.00. The molecule has 1 aromatic carbocycles. The van der Waals surface area contributed by atoms with Crippen LogP contribution in [0.15, 0.2) is 18.2 Å². The van der Waals surface area contributed by atoms with Crippen LogP contribution in [0, 0.1) is 17.8 Å². The second-order valence-corrected chi connectivity index (χ2v) is 9.43. The van der Waals surface area contributed by atoms with Crippen LogP contribution in [0.5, 0.6) is 0 Å². The number of hydrogen-bond acceptors (Lipinski definition) is 4. The highest BCUT2D eigenvalue weighted by molar-refractivity contribution is 6.35. The van der Waals surface area contributed by atoms with Gasteiger partial charge in [0, 0.05) is 17.1 Å². The summed E-state index contributed by atoms with van der Waals surface area (Å²) in [4.78, 5) is 41.3. The zero-order chi connectivity index (χ0) is 19.9. The number of nitrogens with one attached hydrogen (secondary N) is 2. The summed E-state index contributed by atoms with van der Waals surface area (Å²) in [5.41, 5.74) is -0.746. The molecule has 0 bridgehead atoms. The molecule has 1 aromatic rings. The Balaban J connectivity index is 1.95. The van der Waals surface area contributed by atoms with Crippen molar-refractivity contribution < 1.29 is 14.4 Å². The molecule has 0 unspecified atom stereocenters. The van der Waals surface area contributed by atoms with E-state index >= 15 is 0 Å². The third kappa shape index (κ3) is 2.20. The van der Waals surface area contributed by atoms with Crippen molar-refractivity contribution in [3.63, 3.8) is 0 Å². The van der Waals surface area contributed by atoms with Crippen molar-refractivity contribution in [3.05, 3.63) is 28.8 Å². The van der Waals surface area contributed by atoms with Crippen molar-refractivity contribution in [1.29, 1.82) is 0 Å². The first kappa shape index (κ1) is 18.4. The lowest BCUT2D eigenvalue weighted by molar-refractivity contribution is -0.148. The topological polar surface area (TPSA) is 78.5 Å². The maximum Gasteiger partial charge on any atom is 0.250 e. The van der Waals surface area contributed by atoms with Crippen LogP contribution in [-0.4, -0.2) is 34.2 Å². The molecule has 6 nitrogen and oxygen atoms in total. The van der Waals surface area contributed by atoms with Gasteiger partial charge in [-0.25, -0.2) is 0 Å². The largest absolute Gasteiger partial charge is 0.323 e. The summed E-state index contributed by atoms with van der Waals surface area (Å²) >= 11 is 6.30. The average molecular weight is 390 g/mol. The van der Waals surface area contributed by atoms with Gasteiger partial charge in [0.15, 0.2) is 0 Å². The second kappa shape index (κ2) is 5.55. The van der Waals surface area contributed by atoms with Gasteiger partial charge >= 0.3 is 0 Å². The number of likely N-dealkylation sites (tertiary alicyclic amines) is 1. The van der Waals surface area contributed by atoms with Gasteiger partial charge in [-0.1, -0.05) is 37.6 Å². The molecule has 2 saturated heterocycles. The number of anilines is 1. The maximum atomic E-state index is 13.5. The molecule has 0 radical (unpaired) electrons. The van der Waals surface area contributed by atoms with Gasteiger partial charge in [0.05, 0.1) is 22.5 Å². The number of carbonyl (C=O) groups is 3. The zero-order valence-electron chi connectivity index (χ0n) is 16.1. The van der Waals surface area contributed by atoms with Crippen molar-refractivity contribution in [2.45, 2.75) is 51.7 Å². The lowest BCUT2D eigenvalue weighted by Crippen LogP contribution is -2.56. The molecule has 3 aliphatic rings. The number of amides is 3. The molecule has 3 amide bonds. The number of imide groups is 1. The monoisotopic (exact) mass is 389 g/mol. The van der Waals surface area contributed by atoms with E-state index in [1.54, 1.807) is 12.1 Å². The maximum absolute atomic E-state index is 13.5. The predicted molar refractivity (Wildman–Crippen MR) is 102 cm³/mol. The first-order valence-electron chi connectivity index (χ1n) is 9.28. The zero-order valence-corrected chi connectivity index (χ0v) is 16.8. The van der Waals surface area contributed by atoms with Crippen molar-refractivity contribution in [1.82, 2.24) is 10.2 Å². The van der Waals surface area contributed by atoms with Gasteiger partial charge in [0.25, 0.3) is 0 Å². The number of nitrogens with zero attached hydrogens (tertiary/aromatic N) is 1. The van der Waals surface area contributed by atoms with Crippen molar-refractivity contribution in [2.75, 3.05) is 5.32 Å². The summed E-state index contributed by atoms with van der Waals surface area (Å²) < 4.78 is 0. The highest BCUT2D eigenvalue weighted by atomic mass is 35.5. The van der Waals surface area contributed by atoms with Crippen LogP contribution >= 0.6 is 11.6 Å². The van der Waals surface area contributed by atoms with Gasteiger partial charge in [-0.3, -0.25) is 24.6 Å². The Morgan fingerprint density at radius 1 is 1.15 bits per heavy atom. The fraction of sp³-hybridized carbons (Fsp3) is 0.550. The molecule has 7 heteroatoms. The number of halogens is 1. The van der Waals surface area contributed by atoms with Gasteiger partial charge < -0.3 is 5.32 Å². The molecule has 0 saturated carbocycles. The Morgan fingerprint density at radius 3 is 2.41 bits per heavy atom. The quantitative estimate of drug-likeness (QED) is 0.723. The second-order valence-electron chi connectivity index (χ2n) is 9.02. The normalized spacial score (nSPS) is 32.5. The van der Waals surface area contributed by atoms with Crippen LogP contribution < -0.4 is 10.6 Å². The highest BCUT2D eigenvalue weighted by Crippen LogP contribution is 2.55. The van der Waals surface area contributed by atoms with Crippen LogP contribution in [0.2, 0.25) is 5.02 Å². The number of hydrogen-bond donors (Lipinski definition) is 2. The van der Waals surface area contributed by atoms with E-state index in [-0.39, 0.29) is 29.7 Å². The van der Waals surface area contributed by atoms with Crippen molar-refractivity contribution >= 4 is 35.0 Å². The van der Waals surface area contributed by atoms with Crippen LogP contribution in [0.3, 0.4) is 0 Å². The molecule has 4 rings (SSSR count). The van der Waals surface area contributed by atoms with E-state index in [2.05, 4.69) is 10.6 Å². The van der Waals surface area contributed by atoms with Gasteiger partial charge in [-0.15, -0.1) is 0 Å². The molecule has 2 fully saturated rings. The van der Waals surface area contributed by atoms with Crippen molar-refractivity contribution in [3.8, 4) is 0 Å². The van der Waals surface area contributed by atoms with E-state index in [0.717, 1.165) is 0 Å². The summed E-state index contributed by atoms with van der Waals surface area (Å²) in [6.45, 7) is 9.52. The molecule has 3 heterocycles. The number of benzene rings is 1. The molecule has 2 N–H and O–H groups in total. The Morgan fingerprint density at radius 2 is 1.81 bits per heavy atom. The number of fused-ring (bicyclic) bond motifs is 4. The van der Waals surface area contributed by atoms with E-state index in [1.807, 2.05) is 40.7 Å². The van der Waals surface area contributed by atoms with Crippen LogP contribution in [0.1, 0.15) is 40.2 Å². The highest BCUT2D eigenvalue weighted by Gasteiger charge is 2.71. The minimum absolute atomic E-state index is 0.0737. The lowest BCUT2D eigenvalue weighted by Gasteiger charge is -2.35. The van der Waals surface area contributed by atoms with Crippen molar-refractivity contribution in [2.24, 2.45) is 17.8 Å². The van der Waals surface area contributed by atoms with Gasteiger partial charge in [-0.2, -0.15) is 0 Å². The fourth-order valence-electron chi connectivity index (χ4n) is 4.96. The Hall–Kier alpha value is -1.92. The molecular weight excluding hydrogens is 366 g/mol. The summed E-state index contributed by atoms with van der Waals surface area (Å²) in [6.07, 6.45) is 0. The molecule has 144 valence electrons. The molecule has 0 aromatic heterocycles. The fourth-order valence-corrected chi connectivity index (χ4v) is 5.18. The third-order valence-electron chi connectivity index (χ3n) is 6.02.